The van der Waals surface area contributed by atoms with E-state index in [-0.39, 0.29) is 0 Å². The van der Waals surface area contributed by atoms with Crippen molar-refractivity contribution < 1.29 is 0 Å². The van der Waals surface area contributed by atoms with Gasteiger partial charge in [0.25, 0.3) is 0 Å². The molecule has 0 N–H and O–H groups in total. The van der Waals surface area contributed by atoms with Crippen molar-refractivity contribution in [1.82, 2.24) is 0 Å². The van der Waals surface area contributed by atoms with Crippen molar-refractivity contribution in [2.75, 3.05) is 0 Å². The molecular weight excluding hydrogens is 86.1 g/mol. The topological polar surface area (TPSA) is 23.8 Å². The van der Waals surface area contributed by atoms with Crippen LogP contribution in [0.3, 0.4) is 0 Å². The summed E-state index contributed by atoms with van der Waals surface area (Å²) in [6, 6.07) is 1.96. The number of hydrogen-bond donors (Lipinski definition) is 0. The normalized spacial score (nSPS) is 5.71. The highest BCUT2D eigenvalue weighted by Gasteiger charge is 1.61. The first kappa shape index (κ1) is 6.01. The second kappa shape index (κ2) is 5.01. The molecule has 0 spiro atoms. The van der Waals surface area contributed by atoms with E-state index < -0.39 is 0 Å². The van der Waals surface area contributed by atoms with Gasteiger partial charge in [-0.1, -0.05) is 0 Å². The molecule has 1 heteroatoms. The maximum absolute atomic E-state index is 7.96. The third kappa shape index (κ3) is 5.01. The minimum absolute atomic E-state index is 0.463. The summed E-state index contributed by atoms with van der Waals surface area (Å²) in [5, 5.41) is 7.96. The summed E-state index contributed by atoms with van der Waals surface area (Å²) in [5.41, 5.74) is 2.78. The van der Waals surface area contributed by atoms with Crippen LogP contribution in [0.15, 0.2) is 17.9 Å². The second-order valence-electron chi connectivity index (χ2n) is 1.02. The summed E-state index contributed by atoms with van der Waals surface area (Å²) < 4.78 is 0. The lowest BCUT2D eigenvalue weighted by Gasteiger charge is -1.60. The Hall–Kier alpha value is -0.990. The first-order valence-electron chi connectivity index (χ1n) is 2.14. The molecule has 0 aromatic rings. The van der Waals surface area contributed by atoms with Gasteiger partial charge < -0.3 is 0 Å². The number of allylic oxidation sites excluding steroid dienone is 1. The molecule has 0 atom stereocenters. The molecular formula is C6H7N. The highest BCUT2D eigenvalue weighted by Crippen LogP contribution is 1.73. The molecule has 36 valence electrons. The zero-order chi connectivity index (χ0) is 5.54. The van der Waals surface area contributed by atoms with E-state index in [2.05, 4.69) is 5.73 Å². The smallest absolute Gasteiger partial charge is 0.0669 e. The van der Waals surface area contributed by atoms with Gasteiger partial charge >= 0.3 is 0 Å². The summed E-state index contributed by atoms with van der Waals surface area (Å²) in [6.45, 7) is 1.87. The fourth-order valence-electron chi connectivity index (χ4n) is 0.222. The zero-order valence-corrected chi connectivity index (χ0v) is 4.31. The maximum Gasteiger partial charge on any atom is 0.0669 e. The molecule has 0 fully saturated rings. The molecule has 0 rings (SSSR count). The molecule has 0 aromatic heterocycles. The van der Waals surface area contributed by atoms with E-state index in [9.17, 15) is 0 Å². The molecule has 0 heterocycles. The Labute approximate surface area is 43.6 Å². The lowest BCUT2D eigenvalue weighted by Crippen LogP contribution is -1.48. The molecule has 0 bridgehead atoms. The zero-order valence-electron chi connectivity index (χ0n) is 4.31. The molecule has 1 nitrogen and oxygen atoms in total. The third-order valence-corrected chi connectivity index (χ3v) is 0.478. The van der Waals surface area contributed by atoms with Crippen molar-refractivity contribution in [3.8, 4) is 6.07 Å². The van der Waals surface area contributed by atoms with Gasteiger partial charge in [-0.2, -0.15) is 5.26 Å². The molecule has 0 unspecified atom stereocenters. The molecule has 0 amide bonds. The van der Waals surface area contributed by atoms with Crippen LogP contribution in [0.2, 0.25) is 0 Å². The molecule has 0 aromatic carbocycles. The first-order chi connectivity index (χ1) is 3.41. The Kier molecular flexibility index (Phi) is 4.30. The summed E-state index contributed by atoms with van der Waals surface area (Å²) >= 11 is 0. The maximum atomic E-state index is 7.96. The fourth-order valence-corrected chi connectivity index (χ4v) is 0.222. The van der Waals surface area contributed by atoms with Gasteiger partial charge in [-0.3, -0.25) is 0 Å². The van der Waals surface area contributed by atoms with E-state index in [1.165, 1.54) is 0 Å². The minimum atomic E-state index is 0.463. The number of nitriles is 1. The van der Waals surface area contributed by atoms with Gasteiger partial charge in [0.2, 0.25) is 0 Å². The van der Waals surface area contributed by atoms with Crippen LogP contribution in [0.25, 0.3) is 0 Å². The Morgan fingerprint density at radius 3 is 2.86 bits per heavy atom. The van der Waals surface area contributed by atoms with E-state index in [0.717, 1.165) is 0 Å². The van der Waals surface area contributed by atoms with Crippen LogP contribution in [0.1, 0.15) is 13.3 Å². The van der Waals surface area contributed by atoms with E-state index in [1.54, 1.807) is 12.2 Å². The largest absolute Gasteiger partial charge is 0.198 e. The highest BCUT2D eigenvalue weighted by molar-refractivity contribution is 4.89. The molecule has 0 radical (unpaired) electrons. The van der Waals surface area contributed by atoms with Gasteiger partial charge in [0.15, 0.2) is 0 Å². The molecule has 0 aliphatic heterocycles. The minimum Gasteiger partial charge on any atom is -0.198 e. The number of rotatable bonds is 1. The summed E-state index contributed by atoms with van der Waals surface area (Å²) in [7, 11) is 0. The summed E-state index contributed by atoms with van der Waals surface area (Å²) in [4.78, 5) is 0. The van der Waals surface area contributed by atoms with Gasteiger partial charge in [-0.15, -0.1) is 5.73 Å². The number of nitrogens with zero attached hydrogens (tertiary/aromatic N) is 1. The second-order valence-corrected chi connectivity index (χ2v) is 1.02. The van der Waals surface area contributed by atoms with Gasteiger partial charge in [-0.05, 0) is 19.1 Å². The average molecular weight is 93.1 g/mol. The van der Waals surface area contributed by atoms with Gasteiger partial charge in [0.05, 0.1) is 12.5 Å². The van der Waals surface area contributed by atoms with Crippen LogP contribution in [0, 0.1) is 11.3 Å². The summed E-state index contributed by atoms with van der Waals surface area (Å²) in [6.07, 6.45) is 3.93. The van der Waals surface area contributed by atoms with Crippen LogP contribution in [-0.2, 0) is 0 Å². The van der Waals surface area contributed by atoms with Crippen molar-refractivity contribution in [2.45, 2.75) is 13.3 Å². The van der Waals surface area contributed by atoms with Crippen molar-refractivity contribution in [2.24, 2.45) is 0 Å². The standard InChI is InChI=1S/C6H7N/c1-2-3-4-5-6-7/h2,4H,5H2,1H3. The van der Waals surface area contributed by atoms with Crippen LogP contribution in [0.4, 0.5) is 0 Å². The third-order valence-electron chi connectivity index (χ3n) is 0.478. The van der Waals surface area contributed by atoms with E-state index in [1.807, 2.05) is 13.0 Å². The monoisotopic (exact) mass is 93.1 g/mol. The lowest BCUT2D eigenvalue weighted by atomic mass is 10.4. The first-order valence-corrected chi connectivity index (χ1v) is 2.14. The van der Waals surface area contributed by atoms with Crippen LogP contribution >= 0.6 is 0 Å². The predicted octanol–water partition coefficient (Wildman–Crippen LogP) is 1.63. The molecule has 7 heavy (non-hydrogen) atoms. The number of hydrogen-bond acceptors (Lipinski definition) is 1. The summed E-state index contributed by atoms with van der Waals surface area (Å²) in [5.74, 6) is 0. The molecule has 0 aliphatic carbocycles. The Balaban J connectivity index is 3.33. The van der Waals surface area contributed by atoms with Crippen molar-refractivity contribution in [1.29, 1.82) is 5.26 Å². The van der Waals surface area contributed by atoms with Gasteiger partial charge in [0.1, 0.15) is 0 Å². The highest BCUT2D eigenvalue weighted by atomic mass is 14.2. The lowest BCUT2D eigenvalue weighted by molar-refractivity contribution is 1.36. The average Bonchev–Trinajstić information content (AvgIpc) is 1.69. The van der Waals surface area contributed by atoms with E-state index in [0.29, 0.717) is 6.42 Å². The Morgan fingerprint density at radius 1 is 1.71 bits per heavy atom. The Bertz CT molecular complexity index is 122. The van der Waals surface area contributed by atoms with Crippen molar-refractivity contribution >= 4 is 0 Å². The van der Waals surface area contributed by atoms with Crippen LogP contribution in [-0.4, -0.2) is 0 Å². The fraction of sp³-hybridized carbons (Fsp3) is 0.333. The van der Waals surface area contributed by atoms with Gasteiger partial charge in [0, 0.05) is 0 Å². The van der Waals surface area contributed by atoms with Gasteiger partial charge in [-0.25, -0.2) is 0 Å². The predicted molar refractivity (Wildman–Crippen MR) is 28.6 cm³/mol. The van der Waals surface area contributed by atoms with E-state index in [4.69, 9.17) is 5.26 Å². The van der Waals surface area contributed by atoms with Crippen LogP contribution < -0.4 is 0 Å². The van der Waals surface area contributed by atoms with E-state index >= 15 is 0 Å². The SMILES string of the molecule is CC=C=CCC#N. The van der Waals surface area contributed by atoms with Crippen molar-refractivity contribution in [3.63, 3.8) is 0 Å². The van der Waals surface area contributed by atoms with Crippen LogP contribution in [0.5, 0.6) is 0 Å². The van der Waals surface area contributed by atoms with Crippen molar-refractivity contribution in [3.05, 3.63) is 17.9 Å². The quantitative estimate of drug-likeness (QED) is 0.452. The molecule has 0 saturated heterocycles. The molecule has 0 aliphatic rings. The molecule has 0 saturated carbocycles. The Morgan fingerprint density at radius 2 is 2.43 bits per heavy atom.